The van der Waals surface area contributed by atoms with Crippen molar-refractivity contribution >= 4 is 5.97 Å². The summed E-state index contributed by atoms with van der Waals surface area (Å²) in [6.07, 6.45) is 0.222. The molecule has 0 spiro atoms. The summed E-state index contributed by atoms with van der Waals surface area (Å²) in [4.78, 5) is 21.0. The lowest BCUT2D eigenvalue weighted by molar-refractivity contribution is -0.270. The minimum absolute atomic E-state index is 0.0944. The Morgan fingerprint density at radius 1 is 1.28 bits per heavy atom. The molecule has 1 saturated heterocycles. The van der Waals surface area contributed by atoms with Crippen molar-refractivity contribution < 1.29 is 28.1 Å². The summed E-state index contributed by atoms with van der Waals surface area (Å²) in [5, 5.41) is 0. The average molecular weight is 258 g/mol. The van der Waals surface area contributed by atoms with Crippen molar-refractivity contribution in [3.05, 3.63) is 35.4 Å². The van der Waals surface area contributed by atoms with Crippen molar-refractivity contribution in [1.29, 1.82) is 0 Å². The van der Waals surface area contributed by atoms with Gasteiger partial charge in [0.15, 0.2) is 17.2 Å². The van der Waals surface area contributed by atoms with E-state index in [1.165, 1.54) is 6.07 Å². The smallest absolute Gasteiger partial charge is 0.356 e. The molecule has 0 amide bonds. The van der Waals surface area contributed by atoms with Crippen LogP contribution in [0.5, 0.6) is 0 Å². The van der Waals surface area contributed by atoms with E-state index in [-0.39, 0.29) is 25.2 Å². The van der Waals surface area contributed by atoms with Gasteiger partial charge in [0.2, 0.25) is 0 Å². The molecular weight excluding hydrogens is 246 g/mol. The third-order valence-corrected chi connectivity index (χ3v) is 2.86. The molecule has 4 nitrogen and oxygen atoms in total. The average Bonchev–Trinajstić information content (AvgIpc) is 2.55. The van der Waals surface area contributed by atoms with Crippen molar-refractivity contribution in [3.63, 3.8) is 0 Å². The molecule has 98 valence electrons. The van der Waals surface area contributed by atoms with Crippen LogP contribution in [0.25, 0.3) is 0 Å². The second-order valence-corrected chi connectivity index (χ2v) is 3.85. The van der Waals surface area contributed by atoms with Gasteiger partial charge in [-0.15, -0.1) is 0 Å². The lowest BCUT2D eigenvalue weighted by atomic mass is 9.90. The first-order valence-electron chi connectivity index (χ1n) is 5.53. The van der Waals surface area contributed by atoms with Gasteiger partial charge in [-0.05, 0) is 24.1 Å². The number of benzene rings is 1. The molecule has 1 aliphatic rings. The third-order valence-electron chi connectivity index (χ3n) is 2.86. The van der Waals surface area contributed by atoms with E-state index in [1.807, 2.05) is 0 Å². The van der Waals surface area contributed by atoms with Crippen LogP contribution in [0.3, 0.4) is 0 Å². The van der Waals surface area contributed by atoms with E-state index in [0.717, 1.165) is 12.1 Å². The van der Waals surface area contributed by atoms with Gasteiger partial charge in [-0.25, -0.2) is 13.6 Å². The fraction of sp³-hybridized carbons (Fsp3) is 0.417. The van der Waals surface area contributed by atoms with Crippen LogP contribution in [-0.4, -0.2) is 19.2 Å². The van der Waals surface area contributed by atoms with Crippen LogP contribution < -0.4 is 0 Å². The van der Waals surface area contributed by atoms with Crippen LogP contribution in [0.4, 0.5) is 8.78 Å². The normalized spacial score (nSPS) is 24.5. The van der Waals surface area contributed by atoms with Crippen LogP contribution in [0, 0.1) is 11.6 Å². The summed E-state index contributed by atoms with van der Waals surface area (Å²) < 4.78 is 31.6. The van der Waals surface area contributed by atoms with E-state index in [4.69, 9.17) is 4.74 Å². The fourth-order valence-electron chi connectivity index (χ4n) is 1.87. The molecule has 0 aliphatic carbocycles. The van der Waals surface area contributed by atoms with Crippen molar-refractivity contribution in [2.45, 2.75) is 18.9 Å². The van der Waals surface area contributed by atoms with Crippen LogP contribution in [-0.2, 0) is 24.9 Å². The number of halogens is 2. The molecule has 1 unspecified atom stereocenters. The molecule has 2 rings (SSSR count). The highest BCUT2D eigenvalue weighted by Crippen LogP contribution is 2.33. The van der Waals surface area contributed by atoms with Gasteiger partial charge in [0.05, 0.1) is 6.61 Å². The topological polar surface area (TPSA) is 44.8 Å². The zero-order chi connectivity index (χ0) is 13.2. The highest BCUT2D eigenvalue weighted by molar-refractivity contribution is 5.81. The Balaban J connectivity index is 2.46. The second kappa shape index (κ2) is 4.99. The van der Waals surface area contributed by atoms with Gasteiger partial charge in [-0.2, -0.15) is 4.89 Å². The van der Waals surface area contributed by atoms with Gasteiger partial charge in [-0.1, -0.05) is 13.0 Å². The maximum atomic E-state index is 13.3. The third kappa shape index (κ3) is 2.09. The zero-order valence-electron chi connectivity index (χ0n) is 9.74. The first kappa shape index (κ1) is 12.9. The van der Waals surface area contributed by atoms with Crippen LogP contribution in [0.15, 0.2) is 18.2 Å². The van der Waals surface area contributed by atoms with Gasteiger partial charge < -0.3 is 4.74 Å². The van der Waals surface area contributed by atoms with Gasteiger partial charge in [0.25, 0.3) is 0 Å². The molecule has 1 aromatic carbocycles. The van der Waals surface area contributed by atoms with E-state index in [2.05, 4.69) is 9.78 Å². The first-order chi connectivity index (χ1) is 8.60. The molecular formula is C12H12F2O4. The molecule has 0 N–H and O–H groups in total. The monoisotopic (exact) mass is 258 g/mol. The number of carbonyl (C=O) groups excluding carboxylic acids is 1. The quantitative estimate of drug-likeness (QED) is 0.762. The summed E-state index contributed by atoms with van der Waals surface area (Å²) in [6, 6.07) is 3.18. The minimum atomic E-state index is -1.45. The number of rotatable bonds is 2. The largest absolute Gasteiger partial charge is 0.378 e. The Bertz CT molecular complexity index is 463. The van der Waals surface area contributed by atoms with E-state index in [1.54, 1.807) is 6.92 Å². The Kier molecular flexibility index (Phi) is 3.58. The molecule has 0 bridgehead atoms. The van der Waals surface area contributed by atoms with Crippen molar-refractivity contribution in [2.24, 2.45) is 0 Å². The van der Waals surface area contributed by atoms with E-state index >= 15 is 0 Å². The molecule has 0 aromatic heterocycles. The molecule has 1 fully saturated rings. The van der Waals surface area contributed by atoms with Crippen LogP contribution in [0.2, 0.25) is 0 Å². The molecule has 1 aromatic rings. The first-order valence-corrected chi connectivity index (χ1v) is 5.53. The maximum Gasteiger partial charge on any atom is 0.378 e. The molecule has 1 atom stereocenters. The van der Waals surface area contributed by atoms with Crippen molar-refractivity contribution in [3.8, 4) is 0 Å². The Morgan fingerprint density at radius 3 is 2.72 bits per heavy atom. The second-order valence-electron chi connectivity index (χ2n) is 3.85. The molecule has 0 saturated carbocycles. The summed E-state index contributed by atoms with van der Waals surface area (Å²) in [5.74, 6) is -2.79. The highest BCUT2D eigenvalue weighted by Gasteiger charge is 2.44. The lowest BCUT2D eigenvalue weighted by Gasteiger charge is -2.27. The van der Waals surface area contributed by atoms with E-state index < -0.39 is 23.2 Å². The van der Waals surface area contributed by atoms with Gasteiger partial charge in [-0.3, -0.25) is 4.89 Å². The summed E-state index contributed by atoms with van der Waals surface area (Å²) in [7, 11) is 0. The predicted molar refractivity (Wildman–Crippen MR) is 56.3 cm³/mol. The Labute approximate surface area is 102 Å². The molecule has 1 aliphatic heterocycles. The summed E-state index contributed by atoms with van der Waals surface area (Å²) in [6.45, 7) is 1.91. The highest BCUT2D eigenvalue weighted by atomic mass is 19.2. The molecule has 18 heavy (non-hydrogen) atoms. The maximum absolute atomic E-state index is 13.3. The zero-order valence-corrected chi connectivity index (χ0v) is 9.74. The number of carbonyl (C=O) groups is 1. The van der Waals surface area contributed by atoms with Crippen LogP contribution >= 0.6 is 0 Å². The Morgan fingerprint density at radius 2 is 2.06 bits per heavy atom. The molecule has 6 heteroatoms. The van der Waals surface area contributed by atoms with E-state index in [0.29, 0.717) is 0 Å². The van der Waals surface area contributed by atoms with Gasteiger partial charge in [0, 0.05) is 0 Å². The van der Waals surface area contributed by atoms with Crippen LogP contribution in [0.1, 0.15) is 18.9 Å². The number of hydrogen-bond acceptors (Lipinski definition) is 4. The fourth-order valence-corrected chi connectivity index (χ4v) is 1.87. The minimum Gasteiger partial charge on any atom is -0.356 e. The predicted octanol–water partition coefficient (Wildman–Crippen LogP) is 2.08. The van der Waals surface area contributed by atoms with Gasteiger partial charge >= 0.3 is 5.97 Å². The van der Waals surface area contributed by atoms with Gasteiger partial charge in [0.1, 0.15) is 6.61 Å². The standard InChI is InChI=1S/C12H12F2O4/c1-2-12(11(15)18-17-6-5-16-12)8-3-4-9(13)10(14)7-8/h3-4,7H,2,5-6H2,1H3. The molecule has 0 radical (unpaired) electrons. The number of hydrogen-bond donors (Lipinski definition) is 0. The van der Waals surface area contributed by atoms with Crippen molar-refractivity contribution in [1.82, 2.24) is 0 Å². The van der Waals surface area contributed by atoms with Crippen molar-refractivity contribution in [2.75, 3.05) is 13.2 Å². The number of ether oxygens (including phenoxy) is 1. The Hall–Kier alpha value is -1.53. The SMILES string of the molecule is CCC1(c2ccc(F)c(F)c2)OCCOOC1=O. The van der Waals surface area contributed by atoms with E-state index in [9.17, 15) is 13.6 Å². The summed E-state index contributed by atoms with van der Waals surface area (Å²) >= 11 is 0. The summed E-state index contributed by atoms with van der Waals surface area (Å²) in [5.41, 5.74) is -1.25. The molecule has 1 heterocycles. The lowest BCUT2D eigenvalue weighted by Crippen LogP contribution is -2.38.